The van der Waals surface area contributed by atoms with Gasteiger partial charge in [0.05, 0.1) is 20.8 Å². The molecule has 0 spiro atoms. The highest BCUT2D eigenvalue weighted by Crippen LogP contribution is 2.53. The summed E-state index contributed by atoms with van der Waals surface area (Å²) in [6, 6.07) is 29.2. The van der Waals surface area contributed by atoms with Gasteiger partial charge in [-0.05, 0) is 82.7 Å². The summed E-state index contributed by atoms with van der Waals surface area (Å²) in [6.45, 7) is 28.1. The highest BCUT2D eigenvalue weighted by molar-refractivity contribution is 7.27. The Morgan fingerprint density at radius 2 is 1.24 bits per heavy atom. The van der Waals surface area contributed by atoms with E-state index in [-0.39, 0.29) is 51.6 Å². The third kappa shape index (κ3) is 11.6. The molecule has 338 valence electrons. The molecule has 6 rings (SSSR count). The van der Waals surface area contributed by atoms with Crippen molar-refractivity contribution in [2.24, 2.45) is 16.7 Å². The molecule has 4 atom stereocenters. The van der Waals surface area contributed by atoms with Crippen LogP contribution in [0.4, 0.5) is 0 Å². The molecule has 0 saturated heterocycles. The molecule has 8 heteroatoms. The summed E-state index contributed by atoms with van der Waals surface area (Å²) in [7, 11) is 2.94. The smallest absolute Gasteiger partial charge is 0.275 e. The van der Waals surface area contributed by atoms with Crippen LogP contribution in [-0.2, 0) is 19.9 Å². The fourth-order valence-electron chi connectivity index (χ4n) is 8.64. The highest BCUT2D eigenvalue weighted by atomic mass is 31.1. The molecule has 6 nitrogen and oxygen atoms in total. The minimum Gasteiger partial charge on any atom is -0.496 e. The van der Waals surface area contributed by atoms with Crippen molar-refractivity contribution >= 4 is 23.6 Å². The number of ether oxygens (including phenoxy) is 2. The van der Waals surface area contributed by atoms with Crippen LogP contribution in [0.1, 0.15) is 137 Å². The number of para-hydroxylation sites is 3. The molecule has 0 heterocycles. The van der Waals surface area contributed by atoms with Crippen LogP contribution in [0.5, 0.6) is 23.0 Å². The second-order valence-corrected chi connectivity index (χ2v) is 22.4. The first-order chi connectivity index (χ1) is 29.7. The summed E-state index contributed by atoms with van der Waals surface area (Å²) in [5.74, 6) is 4.56. The van der Waals surface area contributed by atoms with Crippen LogP contribution in [0.15, 0.2) is 114 Å². The van der Waals surface area contributed by atoms with Crippen LogP contribution in [0.3, 0.4) is 0 Å². The Morgan fingerprint density at radius 3 is 1.86 bits per heavy atom. The van der Waals surface area contributed by atoms with Gasteiger partial charge in [0.2, 0.25) is 9.03 Å². The molecule has 0 bridgehead atoms. The van der Waals surface area contributed by atoms with Crippen molar-refractivity contribution in [2.45, 2.75) is 126 Å². The average Bonchev–Trinajstić information content (AvgIpc) is 3.23. The van der Waals surface area contributed by atoms with Gasteiger partial charge in [-0.1, -0.05) is 161 Å². The first kappa shape index (κ1) is 48.4. The molecule has 0 radical (unpaired) electrons. The van der Waals surface area contributed by atoms with E-state index in [0.29, 0.717) is 6.61 Å². The van der Waals surface area contributed by atoms with Crippen LogP contribution < -0.4 is 18.5 Å². The van der Waals surface area contributed by atoms with Gasteiger partial charge in [-0.2, -0.15) is 0 Å². The first-order valence-electron chi connectivity index (χ1n) is 22.5. The lowest BCUT2D eigenvalue weighted by atomic mass is 9.67. The van der Waals surface area contributed by atoms with Crippen LogP contribution >= 0.6 is 18.1 Å². The number of methoxy groups -OCH3 is 2. The van der Waals surface area contributed by atoms with E-state index in [9.17, 15) is 0 Å². The molecule has 0 aliphatic heterocycles. The van der Waals surface area contributed by atoms with Gasteiger partial charge < -0.3 is 27.6 Å². The number of hydrogen-bond donors (Lipinski definition) is 0. The Morgan fingerprint density at radius 1 is 0.619 bits per heavy atom. The Hall–Kier alpha value is -4.08. The molecule has 2 aliphatic rings. The van der Waals surface area contributed by atoms with Gasteiger partial charge >= 0.3 is 0 Å². The second-order valence-electron chi connectivity index (χ2n) is 21.2. The molecule has 0 fully saturated rings. The van der Waals surface area contributed by atoms with Gasteiger partial charge in [-0.3, -0.25) is 0 Å². The second kappa shape index (κ2) is 20.0. The molecule has 0 aromatic heterocycles. The quantitative estimate of drug-likeness (QED) is 0.0714. The van der Waals surface area contributed by atoms with E-state index in [1.165, 1.54) is 22.3 Å². The van der Waals surface area contributed by atoms with E-state index in [1.54, 1.807) is 14.2 Å². The first-order valence-corrected chi connectivity index (χ1v) is 24.2. The standard InChI is InChI=1S/C55H72O6P2/c1-52(2,3)37-31-43(50(45(33-37)54(7,8)9)60-62-58-35-36-23-15-16-24-39(36)40-25-17-20-28-47(40)56-13)44-32-38(53(4,5)6)34-46(55(10,11)12)51(44)61-63-59-49-30-22-19-27-42(49)41-26-18-21-29-48(41)57-14/h17-23,25-32,34,39,45,62-63H,15-16,24,33,35H2,1-14H3. The van der Waals surface area contributed by atoms with E-state index >= 15 is 0 Å². The summed E-state index contributed by atoms with van der Waals surface area (Å²) in [6.07, 6.45) is 8.91. The molecule has 4 unspecified atom stereocenters. The lowest BCUT2D eigenvalue weighted by Crippen LogP contribution is -2.29. The van der Waals surface area contributed by atoms with E-state index in [0.717, 1.165) is 82.3 Å². The third-order valence-electron chi connectivity index (χ3n) is 12.5. The number of allylic oxidation sites excluding steroid dienone is 5. The number of benzene rings is 4. The van der Waals surface area contributed by atoms with E-state index < -0.39 is 0 Å². The Kier molecular flexibility index (Phi) is 15.3. The molecule has 63 heavy (non-hydrogen) atoms. The zero-order chi connectivity index (χ0) is 45.7. The fourth-order valence-corrected chi connectivity index (χ4v) is 9.88. The van der Waals surface area contributed by atoms with Crippen molar-refractivity contribution in [2.75, 3.05) is 20.8 Å². The minimum absolute atomic E-state index is 0.0669. The monoisotopic (exact) mass is 890 g/mol. The maximum atomic E-state index is 7.09. The molecule has 0 N–H and O–H groups in total. The van der Waals surface area contributed by atoms with Crippen LogP contribution in [-0.4, -0.2) is 20.8 Å². The van der Waals surface area contributed by atoms with Crippen molar-refractivity contribution in [3.8, 4) is 34.1 Å². The van der Waals surface area contributed by atoms with Gasteiger partial charge in [0, 0.05) is 45.2 Å². The SMILES string of the molecule is COc1ccccc1-c1ccccc1OPOc1c(C2=C(OPOCC3=CCCCC3c3ccccc3OC)C(C(C)(C)C)CC(C(C)(C)C)=C2)cc(C(C)(C)C)cc1C(C)(C)C. The zero-order valence-corrected chi connectivity index (χ0v) is 42.4. The molecular weight excluding hydrogens is 819 g/mol. The number of rotatable bonds is 14. The predicted molar refractivity (Wildman–Crippen MR) is 267 cm³/mol. The maximum Gasteiger partial charge on any atom is 0.275 e. The normalized spacial score (nSPS) is 17.9. The third-order valence-corrected chi connectivity index (χ3v) is 13.6. The Bertz CT molecular complexity index is 2310. The molecule has 4 aromatic rings. The van der Waals surface area contributed by atoms with Gasteiger partial charge in [0.25, 0.3) is 9.03 Å². The summed E-state index contributed by atoms with van der Waals surface area (Å²) < 4.78 is 38.9. The fraction of sp³-hybridized carbons (Fsp3) is 0.455. The largest absolute Gasteiger partial charge is 0.496 e. The molecule has 2 aliphatic carbocycles. The van der Waals surface area contributed by atoms with Crippen molar-refractivity contribution in [3.63, 3.8) is 0 Å². The van der Waals surface area contributed by atoms with Gasteiger partial charge in [-0.15, -0.1) is 0 Å². The van der Waals surface area contributed by atoms with Crippen LogP contribution in [0.25, 0.3) is 16.7 Å². The van der Waals surface area contributed by atoms with E-state index in [1.807, 2.05) is 42.5 Å². The molecule has 0 saturated carbocycles. The van der Waals surface area contributed by atoms with Crippen molar-refractivity contribution in [3.05, 3.63) is 136 Å². The van der Waals surface area contributed by atoms with Gasteiger partial charge in [0.15, 0.2) is 0 Å². The van der Waals surface area contributed by atoms with Crippen LogP contribution in [0.2, 0.25) is 0 Å². The molecular formula is C55H72O6P2. The Balaban J connectivity index is 1.44. The summed E-state index contributed by atoms with van der Waals surface area (Å²) in [5, 5.41) is 0. The maximum absolute atomic E-state index is 7.09. The van der Waals surface area contributed by atoms with E-state index in [4.69, 9.17) is 27.6 Å². The summed E-state index contributed by atoms with van der Waals surface area (Å²) in [5.41, 5.74) is 9.67. The van der Waals surface area contributed by atoms with Gasteiger partial charge in [-0.25, -0.2) is 0 Å². The number of hydrogen-bond acceptors (Lipinski definition) is 6. The molecule has 0 amide bonds. The topological polar surface area (TPSA) is 55.4 Å². The average molecular weight is 891 g/mol. The zero-order valence-electron chi connectivity index (χ0n) is 40.4. The van der Waals surface area contributed by atoms with E-state index in [2.05, 4.69) is 138 Å². The van der Waals surface area contributed by atoms with Gasteiger partial charge in [0.1, 0.15) is 28.8 Å². The molecule has 4 aromatic carbocycles. The van der Waals surface area contributed by atoms with Crippen molar-refractivity contribution in [1.82, 2.24) is 0 Å². The Labute approximate surface area is 383 Å². The van der Waals surface area contributed by atoms with Crippen molar-refractivity contribution in [1.29, 1.82) is 0 Å². The highest BCUT2D eigenvalue weighted by Gasteiger charge is 2.39. The minimum atomic E-state index is -0.322. The lowest BCUT2D eigenvalue weighted by Gasteiger charge is -2.40. The van der Waals surface area contributed by atoms with Crippen molar-refractivity contribution < 1.29 is 27.6 Å². The predicted octanol–water partition coefficient (Wildman–Crippen LogP) is 16.1. The van der Waals surface area contributed by atoms with Crippen LogP contribution in [0, 0.1) is 16.7 Å². The lowest BCUT2D eigenvalue weighted by molar-refractivity contribution is 0.198. The summed E-state index contributed by atoms with van der Waals surface area (Å²) in [4.78, 5) is 0. The summed E-state index contributed by atoms with van der Waals surface area (Å²) >= 11 is 0.